The van der Waals surface area contributed by atoms with E-state index in [9.17, 15) is 0 Å². The van der Waals surface area contributed by atoms with Crippen LogP contribution >= 0.6 is 0 Å². The van der Waals surface area contributed by atoms with Crippen molar-refractivity contribution in [2.24, 2.45) is 20.5 Å². The molecule has 0 aliphatic carbocycles. The molecule has 6 nitrogen and oxygen atoms in total. The number of benzene rings is 5. The van der Waals surface area contributed by atoms with Crippen molar-refractivity contribution >= 4 is 34.1 Å². The van der Waals surface area contributed by atoms with E-state index in [1.54, 1.807) is 0 Å². The molecule has 174 valence electrons. The summed E-state index contributed by atoms with van der Waals surface area (Å²) in [4.78, 5) is 0. The molecular formula is C30H24N6. The van der Waals surface area contributed by atoms with Crippen molar-refractivity contribution in [2.75, 3.05) is 11.5 Å². The number of nitrogens with zero attached hydrogens (tertiary/aromatic N) is 4. The van der Waals surface area contributed by atoms with E-state index in [0.717, 1.165) is 45.0 Å². The Bertz CT molecular complexity index is 1370. The van der Waals surface area contributed by atoms with Crippen LogP contribution in [0.3, 0.4) is 0 Å². The van der Waals surface area contributed by atoms with Crippen molar-refractivity contribution in [2.45, 2.75) is 0 Å². The average molecular weight is 469 g/mol. The lowest BCUT2D eigenvalue weighted by atomic mass is 10.00. The molecule has 0 spiro atoms. The lowest BCUT2D eigenvalue weighted by molar-refractivity contribution is 1.23. The molecule has 4 N–H and O–H groups in total. The van der Waals surface area contributed by atoms with Gasteiger partial charge < -0.3 is 11.5 Å². The molecule has 6 heteroatoms. The van der Waals surface area contributed by atoms with Gasteiger partial charge in [-0.05, 0) is 95.1 Å². The smallest absolute Gasteiger partial charge is 0.0858 e. The SMILES string of the molecule is Nc1ccc(/N=N/c2ccc(-c3ccc(-c4ccc(/N=N/c5ccc(N)cc5)cc4)cc3)cc2)cc1. The van der Waals surface area contributed by atoms with Gasteiger partial charge in [-0.25, -0.2) is 0 Å². The van der Waals surface area contributed by atoms with E-state index in [4.69, 9.17) is 11.5 Å². The van der Waals surface area contributed by atoms with Crippen molar-refractivity contribution in [3.63, 3.8) is 0 Å². The summed E-state index contributed by atoms with van der Waals surface area (Å²) in [5, 5.41) is 17.1. The molecule has 0 atom stereocenters. The van der Waals surface area contributed by atoms with Gasteiger partial charge >= 0.3 is 0 Å². The molecule has 0 heterocycles. The van der Waals surface area contributed by atoms with Crippen molar-refractivity contribution in [1.29, 1.82) is 0 Å². The summed E-state index contributed by atoms with van der Waals surface area (Å²) in [6.45, 7) is 0. The number of nitrogen functional groups attached to an aromatic ring is 2. The maximum Gasteiger partial charge on any atom is 0.0858 e. The monoisotopic (exact) mass is 468 g/mol. The van der Waals surface area contributed by atoms with E-state index in [2.05, 4.69) is 44.7 Å². The van der Waals surface area contributed by atoms with Crippen LogP contribution in [0.2, 0.25) is 0 Å². The third kappa shape index (κ3) is 5.69. The Morgan fingerprint density at radius 3 is 0.722 bits per heavy atom. The topological polar surface area (TPSA) is 101 Å². The Morgan fingerprint density at radius 1 is 0.278 bits per heavy atom. The van der Waals surface area contributed by atoms with Crippen LogP contribution in [0.1, 0.15) is 0 Å². The summed E-state index contributed by atoms with van der Waals surface area (Å²) >= 11 is 0. The minimum atomic E-state index is 0.707. The minimum Gasteiger partial charge on any atom is -0.399 e. The van der Waals surface area contributed by atoms with Gasteiger partial charge in [0.15, 0.2) is 0 Å². The van der Waals surface area contributed by atoms with Gasteiger partial charge in [-0.2, -0.15) is 20.5 Å². The van der Waals surface area contributed by atoms with Crippen LogP contribution in [-0.2, 0) is 0 Å². The van der Waals surface area contributed by atoms with Gasteiger partial charge in [0.2, 0.25) is 0 Å². The maximum atomic E-state index is 5.70. The molecule has 0 amide bonds. The highest BCUT2D eigenvalue weighted by atomic mass is 15.1. The van der Waals surface area contributed by atoms with Gasteiger partial charge in [0, 0.05) is 11.4 Å². The summed E-state index contributed by atoms with van der Waals surface area (Å²) in [7, 11) is 0. The lowest BCUT2D eigenvalue weighted by Crippen LogP contribution is -1.81. The summed E-state index contributed by atoms with van der Waals surface area (Å²) in [6.07, 6.45) is 0. The van der Waals surface area contributed by atoms with Gasteiger partial charge in [0.25, 0.3) is 0 Å². The molecule has 0 aliphatic rings. The third-order valence-electron chi connectivity index (χ3n) is 5.63. The van der Waals surface area contributed by atoms with E-state index in [1.807, 2.05) is 97.1 Å². The van der Waals surface area contributed by atoms with Crippen molar-refractivity contribution in [3.05, 3.63) is 121 Å². The second-order valence-electron chi connectivity index (χ2n) is 8.25. The second kappa shape index (κ2) is 10.4. The third-order valence-corrected chi connectivity index (χ3v) is 5.63. The fourth-order valence-corrected chi connectivity index (χ4v) is 3.61. The van der Waals surface area contributed by atoms with Gasteiger partial charge in [-0.1, -0.05) is 48.5 Å². The fourth-order valence-electron chi connectivity index (χ4n) is 3.61. The van der Waals surface area contributed by atoms with Crippen molar-refractivity contribution < 1.29 is 0 Å². The summed E-state index contributed by atoms with van der Waals surface area (Å²) in [6, 6.07) is 39.1. The Labute approximate surface area is 209 Å². The molecule has 0 saturated carbocycles. The number of azo groups is 2. The molecular weight excluding hydrogens is 444 g/mol. The van der Waals surface area contributed by atoms with E-state index < -0.39 is 0 Å². The van der Waals surface area contributed by atoms with Gasteiger partial charge in [-0.15, -0.1) is 0 Å². The Kier molecular flexibility index (Phi) is 6.58. The predicted molar refractivity (Wildman–Crippen MR) is 147 cm³/mol. The summed E-state index contributed by atoms with van der Waals surface area (Å²) < 4.78 is 0. The zero-order chi connectivity index (χ0) is 24.7. The highest BCUT2D eigenvalue weighted by Crippen LogP contribution is 2.29. The van der Waals surface area contributed by atoms with Crippen LogP contribution in [0.4, 0.5) is 34.1 Å². The lowest BCUT2D eigenvalue weighted by Gasteiger charge is -2.06. The normalized spacial score (nSPS) is 11.3. The standard InChI is InChI=1S/C30H24N6/c31-25-9-17-29(18-10-25)35-33-27-13-5-23(6-14-27)21-1-2-22(4-3-21)24-7-15-28(16-8-24)34-36-30-19-11-26(32)12-20-30/h1-20H,31-32H2/b35-33+,36-34+. The van der Waals surface area contributed by atoms with Crippen LogP contribution in [0.25, 0.3) is 22.3 Å². The fraction of sp³-hybridized carbons (Fsp3) is 0. The molecule has 5 aromatic rings. The molecule has 5 rings (SSSR count). The Hall–Kier alpha value is -5.10. The molecule has 0 fully saturated rings. The number of anilines is 2. The first-order chi connectivity index (χ1) is 17.6. The van der Waals surface area contributed by atoms with Gasteiger partial charge in [0.1, 0.15) is 0 Å². The summed E-state index contributed by atoms with van der Waals surface area (Å²) in [5.74, 6) is 0. The molecule has 36 heavy (non-hydrogen) atoms. The zero-order valence-corrected chi connectivity index (χ0v) is 19.5. The van der Waals surface area contributed by atoms with Gasteiger partial charge in [-0.3, -0.25) is 0 Å². The van der Waals surface area contributed by atoms with E-state index in [-0.39, 0.29) is 0 Å². The number of rotatable bonds is 6. The Morgan fingerprint density at radius 2 is 0.472 bits per heavy atom. The average Bonchev–Trinajstić information content (AvgIpc) is 2.93. The summed E-state index contributed by atoms with van der Waals surface area (Å²) in [5.41, 5.74) is 20.4. The Balaban J connectivity index is 1.24. The molecule has 0 aliphatic heterocycles. The molecule has 0 unspecified atom stereocenters. The quantitative estimate of drug-likeness (QED) is 0.192. The van der Waals surface area contributed by atoms with Crippen LogP contribution in [0.15, 0.2) is 142 Å². The second-order valence-corrected chi connectivity index (χ2v) is 8.25. The predicted octanol–water partition coefficient (Wildman–Crippen LogP) is 9.02. The van der Waals surface area contributed by atoms with E-state index >= 15 is 0 Å². The van der Waals surface area contributed by atoms with Crippen LogP contribution < -0.4 is 11.5 Å². The molecule has 0 saturated heterocycles. The van der Waals surface area contributed by atoms with Crippen molar-refractivity contribution in [3.8, 4) is 22.3 Å². The first kappa shape index (κ1) is 22.7. The van der Waals surface area contributed by atoms with Crippen LogP contribution in [0, 0.1) is 0 Å². The zero-order valence-electron chi connectivity index (χ0n) is 19.5. The molecule has 0 bridgehead atoms. The molecule has 0 radical (unpaired) electrons. The maximum absolute atomic E-state index is 5.70. The number of nitrogens with two attached hydrogens (primary N) is 2. The highest BCUT2D eigenvalue weighted by molar-refractivity contribution is 5.72. The first-order valence-corrected chi connectivity index (χ1v) is 11.5. The van der Waals surface area contributed by atoms with Crippen LogP contribution in [0.5, 0.6) is 0 Å². The van der Waals surface area contributed by atoms with Crippen LogP contribution in [-0.4, -0.2) is 0 Å². The molecule has 5 aromatic carbocycles. The number of hydrogen-bond donors (Lipinski definition) is 2. The van der Waals surface area contributed by atoms with Gasteiger partial charge in [0.05, 0.1) is 22.7 Å². The van der Waals surface area contributed by atoms with E-state index in [1.165, 1.54) is 0 Å². The largest absolute Gasteiger partial charge is 0.399 e. The van der Waals surface area contributed by atoms with Crippen molar-refractivity contribution in [1.82, 2.24) is 0 Å². The first-order valence-electron chi connectivity index (χ1n) is 11.5. The highest BCUT2D eigenvalue weighted by Gasteiger charge is 2.02. The van der Waals surface area contributed by atoms with E-state index in [0.29, 0.717) is 11.4 Å². The molecule has 0 aromatic heterocycles. The minimum absolute atomic E-state index is 0.707. The number of hydrogen-bond acceptors (Lipinski definition) is 6.